The number of methoxy groups -OCH3 is 1. The van der Waals surface area contributed by atoms with Gasteiger partial charge < -0.3 is 29.1 Å². The van der Waals surface area contributed by atoms with Gasteiger partial charge in [0, 0.05) is 44.3 Å². The van der Waals surface area contributed by atoms with Crippen molar-refractivity contribution in [3.05, 3.63) is 48.0 Å². The van der Waals surface area contributed by atoms with E-state index in [-0.39, 0.29) is 59.2 Å². The van der Waals surface area contributed by atoms with E-state index >= 15 is 0 Å². The van der Waals surface area contributed by atoms with E-state index in [4.69, 9.17) is 14.2 Å². The number of hydrogen-bond acceptors (Lipinski definition) is 8. The fourth-order valence-corrected chi connectivity index (χ4v) is 7.49. The zero-order valence-electron chi connectivity index (χ0n) is 29.0. The first-order valence-electron chi connectivity index (χ1n) is 17.2. The van der Waals surface area contributed by atoms with Gasteiger partial charge in [-0.2, -0.15) is 0 Å². The molecular formula is C36H53N3O8S. The lowest BCUT2D eigenvalue weighted by Gasteiger charge is -2.36. The summed E-state index contributed by atoms with van der Waals surface area (Å²) >= 11 is 0. The monoisotopic (exact) mass is 687 g/mol. The molecule has 2 aromatic rings. The third-order valence-corrected chi connectivity index (χ3v) is 10.9. The maximum Gasteiger partial charge on any atom is 0.261 e. The Morgan fingerprint density at radius 2 is 1.75 bits per heavy atom. The minimum Gasteiger partial charge on any atom is -0.497 e. The summed E-state index contributed by atoms with van der Waals surface area (Å²) in [6, 6.07) is 10.1. The first-order valence-corrected chi connectivity index (χ1v) is 18.7. The number of benzene rings is 2. The molecule has 1 fully saturated rings. The average molecular weight is 688 g/mol. The highest BCUT2D eigenvalue weighted by atomic mass is 32.2. The molecule has 0 unspecified atom stereocenters. The Bertz CT molecular complexity index is 1460. The maximum atomic E-state index is 14.4. The first-order chi connectivity index (χ1) is 22.9. The van der Waals surface area contributed by atoms with Crippen LogP contribution in [0.1, 0.15) is 82.5 Å². The van der Waals surface area contributed by atoms with Crippen molar-refractivity contribution in [3.63, 3.8) is 0 Å². The fraction of sp³-hybridized carbons (Fsp3) is 0.611. The lowest BCUT2D eigenvalue weighted by Crippen LogP contribution is -2.48. The van der Waals surface area contributed by atoms with Crippen molar-refractivity contribution < 1.29 is 37.3 Å². The van der Waals surface area contributed by atoms with Crippen LogP contribution in [-0.2, 0) is 19.6 Å². The van der Waals surface area contributed by atoms with Crippen molar-refractivity contribution in [3.8, 4) is 11.5 Å². The van der Waals surface area contributed by atoms with Gasteiger partial charge in [-0.25, -0.2) is 8.42 Å². The Kier molecular flexibility index (Phi) is 13.5. The fourth-order valence-electron chi connectivity index (χ4n) is 6.44. The number of aliphatic hydroxyl groups is 1. The number of rotatable bonds is 9. The lowest BCUT2D eigenvalue weighted by atomic mass is 9.88. The van der Waals surface area contributed by atoms with E-state index < -0.39 is 22.0 Å². The number of amides is 2. The van der Waals surface area contributed by atoms with Crippen LogP contribution < -0.4 is 14.2 Å². The molecule has 12 heteroatoms. The van der Waals surface area contributed by atoms with Crippen LogP contribution in [0, 0.1) is 11.8 Å². The lowest BCUT2D eigenvalue weighted by molar-refractivity contribution is -0.137. The SMILES string of the molecule is COc1ccc(S(=O)(=O)Nc2ccc3c(c2)C(=O)N([C@H](C)CO)C[C@H](C)[C@@H](CN(C)C(=O)C2CCCCC2)OCCCC[C@H](C)O3)cc1. The van der Waals surface area contributed by atoms with Crippen molar-refractivity contribution >= 4 is 27.5 Å². The second kappa shape index (κ2) is 17.3. The molecule has 0 bridgehead atoms. The topological polar surface area (TPSA) is 135 Å². The van der Waals surface area contributed by atoms with Gasteiger partial charge in [-0.3, -0.25) is 14.3 Å². The highest BCUT2D eigenvalue weighted by Gasteiger charge is 2.32. The second-order valence-electron chi connectivity index (χ2n) is 13.3. The number of nitrogens with zero attached hydrogens (tertiary/aromatic N) is 2. The molecule has 1 aliphatic heterocycles. The summed E-state index contributed by atoms with van der Waals surface area (Å²) in [5, 5.41) is 10.2. The van der Waals surface area contributed by atoms with Crippen molar-refractivity contribution in [1.82, 2.24) is 9.80 Å². The van der Waals surface area contributed by atoms with Crippen molar-refractivity contribution in [2.45, 2.75) is 95.3 Å². The number of sulfonamides is 1. The zero-order valence-corrected chi connectivity index (χ0v) is 29.8. The van der Waals surface area contributed by atoms with E-state index in [9.17, 15) is 23.1 Å². The largest absolute Gasteiger partial charge is 0.497 e. The number of aliphatic hydroxyl groups excluding tert-OH is 1. The molecule has 1 saturated carbocycles. The van der Waals surface area contributed by atoms with E-state index in [1.807, 2.05) is 20.9 Å². The van der Waals surface area contributed by atoms with Crippen LogP contribution in [0.3, 0.4) is 0 Å². The van der Waals surface area contributed by atoms with Crippen molar-refractivity contribution in [2.75, 3.05) is 45.2 Å². The van der Waals surface area contributed by atoms with E-state index in [1.165, 1.54) is 31.7 Å². The van der Waals surface area contributed by atoms with Crippen LogP contribution in [0.2, 0.25) is 0 Å². The van der Waals surface area contributed by atoms with Crippen LogP contribution in [0.5, 0.6) is 11.5 Å². The summed E-state index contributed by atoms with van der Waals surface area (Å²) in [7, 11) is -0.642. The summed E-state index contributed by atoms with van der Waals surface area (Å²) in [4.78, 5) is 31.2. The summed E-state index contributed by atoms with van der Waals surface area (Å²) < 4.78 is 46.9. The van der Waals surface area contributed by atoms with Gasteiger partial charge in [-0.05, 0) is 88.4 Å². The van der Waals surface area contributed by atoms with Gasteiger partial charge >= 0.3 is 0 Å². The van der Waals surface area contributed by atoms with Crippen molar-refractivity contribution in [2.24, 2.45) is 11.8 Å². The molecule has 1 heterocycles. The van der Waals surface area contributed by atoms with Gasteiger partial charge in [0.2, 0.25) is 5.91 Å². The Hall–Kier alpha value is -3.35. The molecule has 2 aliphatic rings. The van der Waals surface area contributed by atoms with Gasteiger partial charge in [-0.15, -0.1) is 0 Å². The smallest absolute Gasteiger partial charge is 0.261 e. The van der Waals surface area contributed by atoms with E-state index in [0.29, 0.717) is 24.7 Å². The Labute approximate surface area is 286 Å². The number of carbonyl (C=O) groups is 2. The second-order valence-corrected chi connectivity index (χ2v) is 15.0. The quantitative estimate of drug-likeness (QED) is 0.362. The number of fused-ring (bicyclic) bond motifs is 1. The predicted molar refractivity (Wildman–Crippen MR) is 185 cm³/mol. The normalized spacial score (nSPS) is 22.5. The van der Waals surface area contributed by atoms with E-state index in [0.717, 1.165) is 44.9 Å². The molecule has 2 amide bonds. The Balaban J connectivity index is 1.63. The number of ether oxygens (including phenoxy) is 3. The van der Waals surface area contributed by atoms with Crippen LogP contribution >= 0.6 is 0 Å². The molecule has 1 aliphatic carbocycles. The number of anilines is 1. The maximum absolute atomic E-state index is 14.4. The molecule has 0 aromatic heterocycles. The van der Waals surface area contributed by atoms with Gasteiger partial charge in [0.1, 0.15) is 11.5 Å². The molecule has 0 spiro atoms. The Morgan fingerprint density at radius 3 is 2.42 bits per heavy atom. The van der Waals surface area contributed by atoms with E-state index in [1.54, 1.807) is 41.0 Å². The van der Waals surface area contributed by atoms with Crippen molar-refractivity contribution in [1.29, 1.82) is 0 Å². The molecular weight excluding hydrogens is 634 g/mol. The molecule has 48 heavy (non-hydrogen) atoms. The molecule has 0 saturated heterocycles. The highest BCUT2D eigenvalue weighted by Crippen LogP contribution is 2.30. The minimum absolute atomic E-state index is 0.0411. The summed E-state index contributed by atoms with van der Waals surface area (Å²) in [5.41, 5.74) is 0.382. The zero-order chi connectivity index (χ0) is 34.8. The molecule has 266 valence electrons. The van der Waals surface area contributed by atoms with Gasteiger partial charge in [-0.1, -0.05) is 26.2 Å². The van der Waals surface area contributed by atoms with Crippen LogP contribution in [-0.4, -0.2) is 93.8 Å². The summed E-state index contributed by atoms with van der Waals surface area (Å²) in [6.45, 7) is 6.59. The van der Waals surface area contributed by atoms with Crippen LogP contribution in [0.15, 0.2) is 47.4 Å². The third-order valence-electron chi connectivity index (χ3n) is 9.46. The summed E-state index contributed by atoms with van der Waals surface area (Å²) in [6.07, 6.45) is 6.97. The Morgan fingerprint density at radius 1 is 1.06 bits per heavy atom. The molecule has 4 atom stereocenters. The number of hydrogen-bond donors (Lipinski definition) is 2. The van der Waals surface area contributed by atoms with Gasteiger partial charge in [0.25, 0.3) is 15.9 Å². The average Bonchev–Trinajstić information content (AvgIpc) is 3.09. The number of likely N-dealkylation sites (N-methyl/N-ethyl adjacent to an activating group) is 1. The van der Waals surface area contributed by atoms with Gasteiger partial charge in [0.05, 0.1) is 42.4 Å². The molecule has 2 aromatic carbocycles. The predicted octanol–water partition coefficient (Wildman–Crippen LogP) is 5.33. The van der Waals surface area contributed by atoms with Crippen LogP contribution in [0.4, 0.5) is 5.69 Å². The number of nitrogens with one attached hydrogen (secondary N) is 1. The van der Waals surface area contributed by atoms with E-state index in [2.05, 4.69) is 4.72 Å². The first kappa shape index (κ1) is 37.5. The minimum atomic E-state index is -3.98. The summed E-state index contributed by atoms with van der Waals surface area (Å²) in [5.74, 6) is 0.460. The molecule has 11 nitrogen and oxygen atoms in total. The van der Waals surface area contributed by atoms with Gasteiger partial charge in [0.15, 0.2) is 0 Å². The molecule has 0 radical (unpaired) electrons. The molecule has 4 rings (SSSR count). The standard InChI is InChI=1S/C36H53N3O8S/c1-25-22-39(26(2)24-40)36(42)32-21-29(37-48(43,44)31-17-15-30(45-5)16-18-31)14-19-33(32)47-27(3)11-9-10-20-46-34(25)23-38(4)35(41)28-12-7-6-8-13-28/h14-19,21,25-28,34,37,40H,6-13,20,22-24H2,1-5H3/t25-,26+,27-,34+/m0/s1. The highest BCUT2D eigenvalue weighted by molar-refractivity contribution is 7.92. The van der Waals surface area contributed by atoms with Crippen LogP contribution in [0.25, 0.3) is 0 Å². The number of carbonyl (C=O) groups excluding carboxylic acids is 2. The molecule has 2 N–H and O–H groups in total. The third kappa shape index (κ3) is 9.85.